The number of carbonyl (C=O) groups is 3. The quantitative estimate of drug-likeness (QED) is 0.580. The molecule has 2 rings (SSSR count). The average Bonchev–Trinajstić information content (AvgIpc) is 3.02. The first-order valence-corrected chi connectivity index (χ1v) is 10.4. The lowest BCUT2D eigenvalue weighted by molar-refractivity contribution is -0.115. The van der Waals surface area contributed by atoms with Gasteiger partial charge in [0.25, 0.3) is 0 Å². The van der Waals surface area contributed by atoms with Crippen LogP contribution in [-0.4, -0.2) is 37.6 Å². The first-order chi connectivity index (χ1) is 14.3. The van der Waals surface area contributed by atoms with E-state index in [-0.39, 0.29) is 41.0 Å². The summed E-state index contributed by atoms with van der Waals surface area (Å²) in [7, 11) is 0. The summed E-state index contributed by atoms with van der Waals surface area (Å²) in [5, 5.41) is 5.79. The molecule has 1 aromatic carbocycles. The van der Waals surface area contributed by atoms with Crippen LogP contribution in [0.1, 0.15) is 58.0 Å². The zero-order chi connectivity index (χ0) is 22.3. The predicted molar refractivity (Wildman–Crippen MR) is 112 cm³/mol. The van der Waals surface area contributed by atoms with Crippen molar-refractivity contribution in [1.82, 2.24) is 5.32 Å². The van der Waals surface area contributed by atoms with Gasteiger partial charge in [-0.25, -0.2) is 14.0 Å². The third-order valence-electron chi connectivity index (χ3n) is 4.28. The number of rotatable bonds is 9. The topological polar surface area (TPSA) is 93.7 Å². The summed E-state index contributed by atoms with van der Waals surface area (Å²) in [6, 6.07) is 5.90. The summed E-state index contributed by atoms with van der Waals surface area (Å²) in [6.45, 7) is 6.90. The summed E-state index contributed by atoms with van der Waals surface area (Å²) in [5.74, 6) is -2.02. The Morgan fingerprint density at radius 2 is 1.73 bits per heavy atom. The summed E-state index contributed by atoms with van der Waals surface area (Å²) < 4.78 is 24.0. The molecular formula is C21H25FN2O5S. The minimum Gasteiger partial charge on any atom is -0.462 e. The van der Waals surface area contributed by atoms with E-state index in [1.807, 2.05) is 0 Å². The smallest absolute Gasteiger partial charge is 0.348 e. The van der Waals surface area contributed by atoms with Gasteiger partial charge in [0.2, 0.25) is 5.91 Å². The number of halogens is 1. The van der Waals surface area contributed by atoms with Crippen molar-refractivity contribution in [2.45, 2.75) is 33.7 Å². The molecule has 2 aromatic rings. The highest BCUT2D eigenvalue weighted by Crippen LogP contribution is 2.34. The second kappa shape index (κ2) is 10.8. The molecule has 0 aliphatic heterocycles. The van der Waals surface area contributed by atoms with Crippen LogP contribution in [0.25, 0.3) is 0 Å². The largest absolute Gasteiger partial charge is 0.462 e. The number of thiophene rings is 1. The maximum absolute atomic E-state index is 13.9. The molecule has 9 heteroatoms. The lowest BCUT2D eigenvalue weighted by Crippen LogP contribution is -2.30. The molecule has 0 saturated heterocycles. The molecule has 1 heterocycles. The van der Waals surface area contributed by atoms with Crippen LogP contribution < -0.4 is 10.6 Å². The second-order valence-electron chi connectivity index (χ2n) is 6.37. The van der Waals surface area contributed by atoms with Crippen LogP contribution in [-0.2, 0) is 14.3 Å². The van der Waals surface area contributed by atoms with E-state index < -0.39 is 23.9 Å². The van der Waals surface area contributed by atoms with Gasteiger partial charge in [-0.2, -0.15) is 0 Å². The summed E-state index contributed by atoms with van der Waals surface area (Å²) in [5.41, 5.74) is 0.953. The van der Waals surface area contributed by atoms with Crippen LogP contribution in [0.3, 0.4) is 0 Å². The molecular weight excluding hydrogens is 411 g/mol. The zero-order valence-electron chi connectivity index (χ0n) is 17.3. The SMILES string of the molecule is CCOC(=O)c1sc(NC(=O)CNC(C)c2ccccc2F)c(C(=O)OCC)c1C. The maximum atomic E-state index is 13.9. The van der Waals surface area contributed by atoms with E-state index in [4.69, 9.17) is 9.47 Å². The minimum atomic E-state index is -0.634. The Hall–Kier alpha value is -2.78. The van der Waals surface area contributed by atoms with Crippen molar-refractivity contribution in [3.05, 3.63) is 51.7 Å². The fraction of sp³-hybridized carbons (Fsp3) is 0.381. The highest BCUT2D eigenvalue weighted by molar-refractivity contribution is 7.18. The van der Waals surface area contributed by atoms with Gasteiger partial charge in [-0.1, -0.05) is 18.2 Å². The Bertz CT molecular complexity index is 928. The lowest BCUT2D eigenvalue weighted by Gasteiger charge is -2.15. The monoisotopic (exact) mass is 436 g/mol. The summed E-state index contributed by atoms with van der Waals surface area (Å²) in [6.07, 6.45) is 0. The van der Waals surface area contributed by atoms with Crippen LogP contribution in [0.4, 0.5) is 9.39 Å². The number of amides is 1. The molecule has 1 aromatic heterocycles. The van der Waals surface area contributed by atoms with Crippen molar-refractivity contribution in [3.63, 3.8) is 0 Å². The van der Waals surface area contributed by atoms with Gasteiger partial charge < -0.3 is 20.1 Å². The molecule has 0 saturated carbocycles. The predicted octanol–water partition coefficient (Wildman–Crippen LogP) is 3.84. The van der Waals surface area contributed by atoms with Crippen LogP contribution in [0, 0.1) is 12.7 Å². The van der Waals surface area contributed by atoms with Gasteiger partial charge in [-0.05, 0) is 39.3 Å². The van der Waals surface area contributed by atoms with E-state index in [1.54, 1.807) is 45.9 Å². The van der Waals surface area contributed by atoms with Gasteiger partial charge in [-0.15, -0.1) is 11.3 Å². The van der Waals surface area contributed by atoms with Crippen molar-refractivity contribution in [3.8, 4) is 0 Å². The van der Waals surface area contributed by atoms with E-state index in [1.165, 1.54) is 6.07 Å². The van der Waals surface area contributed by atoms with Gasteiger partial charge in [0.05, 0.1) is 25.3 Å². The molecule has 1 amide bonds. The molecule has 1 atom stereocenters. The van der Waals surface area contributed by atoms with Gasteiger partial charge in [-0.3, -0.25) is 4.79 Å². The molecule has 0 aliphatic carbocycles. The molecule has 0 fully saturated rings. The van der Waals surface area contributed by atoms with Crippen LogP contribution in [0.2, 0.25) is 0 Å². The molecule has 30 heavy (non-hydrogen) atoms. The Kier molecular flexibility index (Phi) is 8.49. The Balaban J connectivity index is 2.16. The minimum absolute atomic E-state index is 0.122. The summed E-state index contributed by atoms with van der Waals surface area (Å²) in [4.78, 5) is 37.2. The zero-order valence-corrected chi connectivity index (χ0v) is 18.2. The van der Waals surface area contributed by atoms with Crippen molar-refractivity contribution in [1.29, 1.82) is 0 Å². The highest BCUT2D eigenvalue weighted by Gasteiger charge is 2.27. The molecule has 162 valence electrons. The molecule has 1 unspecified atom stereocenters. The van der Waals surface area contributed by atoms with E-state index in [9.17, 15) is 18.8 Å². The maximum Gasteiger partial charge on any atom is 0.348 e. The number of esters is 2. The van der Waals surface area contributed by atoms with E-state index >= 15 is 0 Å². The summed E-state index contributed by atoms with van der Waals surface area (Å²) >= 11 is 0.955. The van der Waals surface area contributed by atoms with Crippen molar-refractivity contribution in [2.24, 2.45) is 0 Å². The molecule has 2 N–H and O–H groups in total. The van der Waals surface area contributed by atoms with Gasteiger partial charge in [0.15, 0.2) is 0 Å². The highest BCUT2D eigenvalue weighted by atomic mass is 32.1. The van der Waals surface area contributed by atoms with E-state index in [2.05, 4.69) is 10.6 Å². The standard InChI is InChI=1S/C21H25FN2O5S/c1-5-28-20(26)17-12(3)18(21(27)29-6-2)30-19(17)24-16(25)11-23-13(4)14-9-7-8-10-15(14)22/h7-10,13,23H,5-6,11H2,1-4H3,(H,24,25). The van der Waals surface area contributed by atoms with Crippen molar-refractivity contribution < 1.29 is 28.2 Å². The number of anilines is 1. The molecule has 0 radical (unpaired) electrons. The molecule has 0 bridgehead atoms. The third kappa shape index (κ3) is 5.64. The first-order valence-electron chi connectivity index (χ1n) is 9.55. The molecule has 0 aliphatic rings. The van der Waals surface area contributed by atoms with Gasteiger partial charge >= 0.3 is 11.9 Å². The second-order valence-corrected chi connectivity index (χ2v) is 7.39. The lowest BCUT2D eigenvalue weighted by atomic mass is 10.1. The molecule has 7 nitrogen and oxygen atoms in total. The van der Waals surface area contributed by atoms with Crippen LogP contribution >= 0.6 is 11.3 Å². The number of carbonyl (C=O) groups excluding carboxylic acids is 3. The third-order valence-corrected chi connectivity index (χ3v) is 5.47. The molecule has 0 spiro atoms. The van der Waals surface area contributed by atoms with Gasteiger partial charge in [0.1, 0.15) is 15.7 Å². The van der Waals surface area contributed by atoms with Crippen LogP contribution in [0.5, 0.6) is 0 Å². The number of hydrogen-bond acceptors (Lipinski definition) is 7. The number of hydrogen-bond donors (Lipinski definition) is 2. The fourth-order valence-corrected chi connectivity index (χ4v) is 3.90. The van der Waals surface area contributed by atoms with Crippen molar-refractivity contribution in [2.75, 3.05) is 25.1 Å². The van der Waals surface area contributed by atoms with E-state index in [0.717, 1.165) is 11.3 Å². The number of nitrogens with one attached hydrogen (secondary N) is 2. The number of ether oxygens (including phenoxy) is 2. The number of benzene rings is 1. The Labute approximate surface area is 178 Å². The Morgan fingerprint density at radius 3 is 2.37 bits per heavy atom. The average molecular weight is 437 g/mol. The normalized spacial score (nSPS) is 11.6. The van der Waals surface area contributed by atoms with Crippen LogP contribution in [0.15, 0.2) is 24.3 Å². The first kappa shape index (κ1) is 23.5. The van der Waals surface area contributed by atoms with Crippen molar-refractivity contribution >= 4 is 34.2 Å². The van der Waals surface area contributed by atoms with E-state index in [0.29, 0.717) is 11.1 Å². The fourth-order valence-electron chi connectivity index (χ4n) is 2.79. The Morgan fingerprint density at radius 1 is 1.10 bits per heavy atom. The van der Waals surface area contributed by atoms with Gasteiger partial charge in [0, 0.05) is 11.6 Å².